The quantitative estimate of drug-likeness (QED) is 0.799. The van der Waals surface area contributed by atoms with Gasteiger partial charge in [0.1, 0.15) is 5.88 Å². The van der Waals surface area contributed by atoms with E-state index in [2.05, 4.69) is 4.98 Å². The molecule has 1 amide bonds. The van der Waals surface area contributed by atoms with Gasteiger partial charge in [-0.3, -0.25) is 9.78 Å². The second-order valence-corrected chi connectivity index (χ2v) is 4.98. The highest BCUT2D eigenvalue weighted by Gasteiger charge is 2.18. The molecule has 0 saturated heterocycles. The molecule has 0 saturated carbocycles. The van der Waals surface area contributed by atoms with Crippen LogP contribution < -0.4 is 4.90 Å². The van der Waals surface area contributed by atoms with Gasteiger partial charge in [0.2, 0.25) is 5.91 Å². The van der Waals surface area contributed by atoms with E-state index in [4.69, 9.17) is 11.6 Å². The van der Waals surface area contributed by atoms with Gasteiger partial charge in [0, 0.05) is 18.1 Å². The molecule has 3 nitrogen and oxygen atoms in total. The number of halogens is 2. The van der Waals surface area contributed by atoms with Gasteiger partial charge in [0.15, 0.2) is 0 Å². The Hall–Kier alpha value is -1.58. The summed E-state index contributed by atoms with van der Waals surface area (Å²) in [6, 6.07) is 9.81. The number of aromatic nitrogens is 1. The van der Waals surface area contributed by atoms with Crippen molar-refractivity contribution in [3.63, 3.8) is 0 Å². The summed E-state index contributed by atoms with van der Waals surface area (Å²) in [5.41, 5.74) is 4.04. The van der Waals surface area contributed by atoms with Crippen LogP contribution in [0.2, 0.25) is 0 Å². The molecular formula is C16H18Cl2N2O. The van der Waals surface area contributed by atoms with Gasteiger partial charge in [-0.2, -0.15) is 0 Å². The van der Waals surface area contributed by atoms with Crippen LogP contribution in [0.5, 0.6) is 0 Å². The first-order valence-electron chi connectivity index (χ1n) is 6.45. The largest absolute Gasteiger partial charge is 0.306 e. The number of para-hydroxylation sites is 1. The molecule has 0 fully saturated rings. The van der Waals surface area contributed by atoms with Crippen LogP contribution in [-0.4, -0.2) is 16.8 Å². The molecule has 0 N–H and O–H groups in total. The molecule has 0 bridgehead atoms. The fraction of sp³-hybridized carbons (Fsp3) is 0.250. The van der Waals surface area contributed by atoms with Crippen molar-refractivity contribution in [3.05, 3.63) is 59.4 Å². The second kappa shape index (κ2) is 8.01. The van der Waals surface area contributed by atoms with Crippen molar-refractivity contribution >= 4 is 35.6 Å². The Morgan fingerprint density at radius 2 is 1.86 bits per heavy atom. The number of nitrogens with zero attached hydrogens (tertiary/aromatic N) is 2. The van der Waals surface area contributed by atoms with Gasteiger partial charge in [0.05, 0.1) is 6.54 Å². The van der Waals surface area contributed by atoms with E-state index >= 15 is 0 Å². The Morgan fingerprint density at radius 3 is 2.38 bits per heavy atom. The van der Waals surface area contributed by atoms with Crippen LogP contribution in [0.25, 0.3) is 0 Å². The van der Waals surface area contributed by atoms with Crippen molar-refractivity contribution in [1.29, 1.82) is 0 Å². The van der Waals surface area contributed by atoms with Crippen LogP contribution in [0.15, 0.2) is 42.7 Å². The monoisotopic (exact) mass is 324 g/mol. The SMILES string of the molecule is Cc1cccc(C)c1N(Cc1cccnc1)C(=O)CCl.Cl. The van der Waals surface area contributed by atoms with Crippen molar-refractivity contribution in [2.75, 3.05) is 10.8 Å². The summed E-state index contributed by atoms with van der Waals surface area (Å²) in [5, 5.41) is 0. The van der Waals surface area contributed by atoms with Gasteiger partial charge in [-0.1, -0.05) is 24.3 Å². The minimum absolute atomic E-state index is 0. The van der Waals surface area contributed by atoms with Gasteiger partial charge in [-0.15, -0.1) is 24.0 Å². The van der Waals surface area contributed by atoms with Crippen LogP contribution in [0.1, 0.15) is 16.7 Å². The lowest BCUT2D eigenvalue weighted by Crippen LogP contribution is -2.32. The second-order valence-electron chi connectivity index (χ2n) is 4.72. The third-order valence-corrected chi connectivity index (χ3v) is 3.42. The maximum Gasteiger partial charge on any atom is 0.242 e. The summed E-state index contributed by atoms with van der Waals surface area (Å²) < 4.78 is 0. The molecule has 0 aliphatic heterocycles. The molecule has 2 rings (SSSR count). The number of alkyl halides is 1. The average Bonchev–Trinajstić information content (AvgIpc) is 2.46. The van der Waals surface area contributed by atoms with E-state index in [-0.39, 0.29) is 24.2 Å². The van der Waals surface area contributed by atoms with Crippen molar-refractivity contribution in [1.82, 2.24) is 4.98 Å². The molecular weight excluding hydrogens is 307 g/mol. The molecule has 0 spiro atoms. The predicted octanol–water partition coefficient (Wildman–Crippen LogP) is 3.89. The number of carbonyl (C=O) groups excluding carboxylic acids is 1. The summed E-state index contributed by atoms with van der Waals surface area (Å²) in [6.45, 7) is 4.48. The van der Waals surface area contributed by atoms with Gasteiger partial charge < -0.3 is 4.90 Å². The molecule has 1 aromatic heterocycles. The van der Waals surface area contributed by atoms with Crippen molar-refractivity contribution in [2.45, 2.75) is 20.4 Å². The molecule has 0 radical (unpaired) electrons. The Labute approximate surface area is 136 Å². The minimum Gasteiger partial charge on any atom is -0.306 e. The fourth-order valence-electron chi connectivity index (χ4n) is 2.27. The number of aryl methyl sites for hydroxylation is 2. The standard InChI is InChI=1S/C16H17ClN2O.ClH/c1-12-5-3-6-13(2)16(12)19(15(20)9-17)11-14-7-4-8-18-10-14;/h3-8,10H,9,11H2,1-2H3;1H. The highest BCUT2D eigenvalue weighted by Crippen LogP contribution is 2.26. The van der Waals surface area contributed by atoms with E-state index in [0.717, 1.165) is 22.4 Å². The lowest BCUT2D eigenvalue weighted by Gasteiger charge is -2.25. The molecule has 0 atom stereocenters. The van der Waals surface area contributed by atoms with Crippen molar-refractivity contribution < 1.29 is 4.79 Å². The van der Waals surface area contributed by atoms with Crippen LogP contribution in [0.3, 0.4) is 0 Å². The maximum atomic E-state index is 12.2. The van der Waals surface area contributed by atoms with E-state index in [0.29, 0.717) is 6.54 Å². The lowest BCUT2D eigenvalue weighted by atomic mass is 10.1. The number of carbonyl (C=O) groups is 1. The average molecular weight is 325 g/mol. The third kappa shape index (κ3) is 4.19. The number of benzene rings is 1. The zero-order valence-corrected chi connectivity index (χ0v) is 13.6. The smallest absolute Gasteiger partial charge is 0.242 e. The molecule has 1 aromatic carbocycles. The molecule has 0 aliphatic carbocycles. The number of amides is 1. The van der Waals surface area contributed by atoms with Gasteiger partial charge in [0.25, 0.3) is 0 Å². The van der Waals surface area contributed by atoms with Crippen LogP contribution >= 0.6 is 24.0 Å². The highest BCUT2D eigenvalue weighted by molar-refractivity contribution is 6.29. The highest BCUT2D eigenvalue weighted by atomic mass is 35.5. The summed E-state index contributed by atoms with van der Waals surface area (Å²) in [4.78, 5) is 18.0. The molecule has 0 aliphatic rings. The zero-order valence-electron chi connectivity index (χ0n) is 12.0. The molecule has 21 heavy (non-hydrogen) atoms. The Balaban J connectivity index is 0.00000220. The minimum atomic E-state index is -0.104. The molecule has 2 aromatic rings. The fourth-order valence-corrected chi connectivity index (χ4v) is 2.41. The van der Waals surface area contributed by atoms with Crippen LogP contribution in [-0.2, 0) is 11.3 Å². The van der Waals surface area contributed by atoms with Gasteiger partial charge in [-0.05, 0) is 36.6 Å². The summed E-state index contributed by atoms with van der Waals surface area (Å²) in [7, 11) is 0. The first-order valence-corrected chi connectivity index (χ1v) is 6.98. The molecule has 112 valence electrons. The summed E-state index contributed by atoms with van der Waals surface area (Å²) in [6.07, 6.45) is 3.48. The van der Waals surface area contributed by atoms with E-state index in [1.165, 1.54) is 0 Å². The van der Waals surface area contributed by atoms with Gasteiger partial charge in [-0.25, -0.2) is 0 Å². The molecule has 5 heteroatoms. The van der Waals surface area contributed by atoms with Gasteiger partial charge >= 0.3 is 0 Å². The van der Waals surface area contributed by atoms with Crippen molar-refractivity contribution in [3.8, 4) is 0 Å². The molecule has 0 unspecified atom stereocenters. The normalized spacial score (nSPS) is 9.86. The first-order chi connectivity index (χ1) is 9.63. The third-order valence-electron chi connectivity index (χ3n) is 3.19. The number of hydrogen-bond donors (Lipinski definition) is 0. The van der Waals surface area contributed by atoms with Crippen LogP contribution in [0.4, 0.5) is 5.69 Å². The zero-order chi connectivity index (χ0) is 14.5. The van der Waals surface area contributed by atoms with E-state index in [1.807, 2.05) is 44.2 Å². The van der Waals surface area contributed by atoms with E-state index in [1.54, 1.807) is 17.3 Å². The lowest BCUT2D eigenvalue weighted by molar-refractivity contribution is -0.116. The van der Waals surface area contributed by atoms with E-state index in [9.17, 15) is 4.79 Å². The number of rotatable bonds is 4. The van der Waals surface area contributed by atoms with Crippen molar-refractivity contribution in [2.24, 2.45) is 0 Å². The number of hydrogen-bond acceptors (Lipinski definition) is 2. The summed E-state index contributed by atoms with van der Waals surface area (Å²) in [5.74, 6) is -0.137. The molecule has 1 heterocycles. The maximum absolute atomic E-state index is 12.2. The first kappa shape index (κ1) is 17.5. The number of pyridine rings is 1. The van der Waals surface area contributed by atoms with E-state index < -0.39 is 0 Å². The summed E-state index contributed by atoms with van der Waals surface area (Å²) >= 11 is 5.76. The number of anilines is 1. The topological polar surface area (TPSA) is 33.2 Å². The Morgan fingerprint density at radius 1 is 1.19 bits per heavy atom. The Bertz CT molecular complexity index is 582. The predicted molar refractivity (Wildman–Crippen MR) is 89.3 cm³/mol. The van der Waals surface area contributed by atoms with Crippen LogP contribution in [0, 0.1) is 13.8 Å². The Kier molecular flexibility index (Phi) is 6.66.